The van der Waals surface area contributed by atoms with Crippen molar-refractivity contribution in [3.8, 4) is 12.0 Å². The van der Waals surface area contributed by atoms with Gasteiger partial charge in [-0.25, -0.2) is 0 Å². The molecule has 0 bridgehead atoms. The lowest BCUT2D eigenvalue weighted by molar-refractivity contribution is -0.117. The molecule has 2 aliphatic carbocycles. The van der Waals surface area contributed by atoms with Crippen LogP contribution in [0.5, 0.6) is 12.0 Å². The van der Waals surface area contributed by atoms with Crippen LogP contribution in [-0.4, -0.2) is 133 Å². The fourth-order valence-electron chi connectivity index (χ4n) is 15.4. The van der Waals surface area contributed by atoms with Crippen LogP contribution in [0.1, 0.15) is 66.1 Å². The highest BCUT2D eigenvalue weighted by Gasteiger charge is 2.57. The predicted octanol–water partition coefficient (Wildman–Crippen LogP) is 10.00. The normalized spacial score (nSPS) is 27.1. The van der Waals surface area contributed by atoms with Crippen molar-refractivity contribution in [1.82, 2.24) is 29.7 Å². The molecule has 6 aromatic rings. The average Bonchev–Trinajstić information content (AvgIpc) is 4.37. The first-order valence-electron chi connectivity index (χ1n) is 29.2. The van der Waals surface area contributed by atoms with E-state index in [9.17, 15) is 9.59 Å². The van der Waals surface area contributed by atoms with Crippen LogP contribution in [0.3, 0.4) is 0 Å². The molecule has 8 heterocycles. The number of carbonyl (C=O) groups is 2. The molecule has 3 unspecified atom stereocenters. The van der Waals surface area contributed by atoms with Crippen LogP contribution < -0.4 is 29.1 Å². The van der Waals surface area contributed by atoms with E-state index in [1.54, 1.807) is 0 Å². The largest absolute Gasteiger partial charge is 0.462 e. The Morgan fingerprint density at radius 2 is 1.16 bits per heavy atom. The number of fused-ring (bicyclic) bond motifs is 6. The molecule has 8 aliphatic rings. The van der Waals surface area contributed by atoms with E-state index in [0.29, 0.717) is 68.0 Å². The first kappa shape index (κ1) is 51.8. The van der Waals surface area contributed by atoms with Crippen LogP contribution >= 0.6 is 23.2 Å². The molecular weight excluding hydrogens is 1040 g/mol. The number of aromatic nitrogens is 4. The number of allylic oxidation sites excluding steroid dienone is 2. The molecule has 80 heavy (non-hydrogen) atoms. The standard InChI is InChI=1S/C64H70Cl2N10O4/c1-5-55(77)58-43-20-27-75(31-47(43)58)61-46-23-26-74(34-52(46)67-63(69-61)79-35-39-13-10-24-71(39)3)54-17-9-14-42-41(18-19-50(66)60(42)54)38-29-40(72(4)30-38)36-80-64-68-51-33-73(53-16-8-12-37-11-7-15-49(65)57(37)53)25-22-45(51)62(70-64)76-28-21-44-48(32-76)59(44)56(78)6-2/h5-9,11-12,14-19,38-40,43-44,47-48,58-59H,1-2,10,13,20-36H2,3-4H3/t38?,39-,40-,43?,44-,47-,48+,58+,59?/m0/s1. The second-order valence-electron chi connectivity index (χ2n) is 24.1. The van der Waals surface area contributed by atoms with Crippen molar-refractivity contribution in [1.29, 1.82) is 0 Å². The van der Waals surface area contributed by atoms with Gasteiger partial charge in [0.15, 0.2) is 11.6 Å². The number of anilines is 4. The van der Waals surface area contributed by atoms with Gasteiger partial charge in [0.1, 0.15) is 24.8 Å². The Hall–Kier alpha value is -6.32. The molecule has 2 saturated carbocycles. The van der Waals surface area contributed by atoms with Gasteiger partial charge in [0, 0.05) is 103 Å². The summed E-state index contributed by atoms with van der Waals surface area (Å²) in [6.07, 6.45) is 9.67. The van der Waals surface area contributed by atoms with E-state index in [-0.39, 0.29) is 35.4 Å². The Morgan fingerprint density at radius 1 is 0.600 bits per heavy atom. The van der Waals surface area contributed by atoms with Gasteiger partial charge in [-0.1, -0.05) is 78.8 Å². The van der Waals surface area contributed by atoms with Crippen LogP contribution in [0.4, 0.5) is 23.0 Å². The number of ketones is 2. The highest BCUT2D eigenvalue weighted by molar-refractivity contribution is 6.37. The summed E-state index contributed by atoms with van der Waals surface area (Å²) in [4.78, 5) is 60.8. The highest BCUT2D eigenvalue weighted by Crippen LogP contribution is 2.55. The second-order valence-corrected chi connectivity index (χ2v) is 24.9. The Kier molecular flexibility index (Phi) is 13.5. The molecule has 0 radical (unpaired) electrons. The summed E-state index contributed by atoms with van der Waals surface area (Å²) in [5.41, 5.74) is 7.78. The van der Waals surface area contributed by atoms with Gasteiger partial charge in [0.2, 0.25) is 0 Å². The maximum atomic E-state index is 12.8. The predicted molar refractivity (Wildman–Crippen MR) is 317 cm³/mol. The van der Waals surface area contributed by atoms with Crippen molar-refractivity contribution in [3.05, 3.63) is 130 Å². The summed E-state index contributed by atoms with van der Waals surface area (Å²) in [5, 5.41) is 5.86. The van der Waals surface area contributed by atoms with Gasteiger partial charge in [0.25, 0.3) is 0 Å². The van der Waals surface area contributed by atoms with Gasteiger partial charge in [0.05, 0.1) is 34.5 Å². The van der Waals surface area contributed by atoms with Crippen molar-refractivity contribution in [2.75, 3.05) is 99.3 Å². The van der Waals surface area contributed by atoms with E-state index in [4.69, 9.17) is 52.6 Å². The van der Waals surface area contributed by atoms with E-state index >= 15 is 0 Å². The molecule has 9 atom stereocenters. The molecule has 0 N–H and O–H groups in total. The number of hydrogen-bond donors (Lipinski definition) is 0. The highest BCUT2D eigenvalue weighted by atomic mass is 35.5. The summed E-state index contributed by atoms with van der Waals surface area (Å²) in [6.45, 7) is 16.6. The van der Waals surface area contributed by atoms with Crippen molar-refractivity contribution in [2.24, 2.45) is 35.5 Å². The molecule has 6 fully saturated rings. The van der Waals surface area contributed by atoms with Crippen LogP contribution in [-0.2, 0) is 35.5 Å². The fourth-order valence-corrected chi connectivity index (χ4v) is 15.9. The number of rotatable bonds is 15. The number of likely N-dealkylation sites (tertiary alicyclic amines) is 2. The van der Waals surface area contributed by atoms with Gasteiger partial charge in [-0.05, 0) is 148 Å². The minimum atomic E-state index is 0.0590. The summed E-state index contributed by atoms with van der Waals surface area (Å²) in [6, 6.07) is 24.7. The van der Waals surface area contributed by atoms with E-state index in [2.05, 4.69) is 111 Å². The second kappa shape index (κ2) is 20.9. The lowest BCUT2D eigenvalue weighted by Gasteiger charge is -2.35. The summed E-state index contributed by atoms with van der Waals surface area (Å²) in [7, 11) is 4.36. The Labute approximate surface area is 478 Å². The van der Waals surface area contributed by atoms with E-state index in [1.807, 2.05) is 12.1 Å². The number of nitrogens with zero attached hydrogens (tertiary/aromatic N) is 10. The minimum absolute atomic E-state index is 0.0590. The number of piperidine rings is 2. The maximum Gasteiger partial charge on any atom is 0.318 e. The monoisotopic (exact) mass is 1110 g/mol. The lowest BCUT2D eigenvalue weighted by Crippen LogP contribution is -2.37. The molecule has 6 aliphatic heterocycles. The zero-order valence-corrected chi connectivity index (χ0v) is 47.4. The first-order chi connectivity index (χ1) is 39.0. The van der Waals surface area contributed by atoms with Gasteiger partial charge in [-0.15, -0.1) is 0 Å². The zero-order valence-electron chi connectivity index (χ0n) is 45.9. The third kappa shape index (κ3) is 9.26. The van der Waals surface area contributed by atoms with Crippen molar-refractivity contribution in [3.63, 3.8) is 0 Å². The Morgan fingerprint density at radius 3 is 1.75 bits per heavy atom. The van der Waals surface area contributed by atoms with Crippen LogP contribution in [0.2, 0.25) is 10.0 Å². The molecule has 0 spiro atoms. The number of ether oxygens (including phenoxy) is 2. The average molecular weight is 1110 g/mol. The molecular formula is C64H70Cl2N10O4. The smallest absolute Gasteiger partial charge is 0.318 e. The van der Waals surface area contributed by atoms with Crippen molar-refractivity contribution < 1.29 is 19.1 Å². The van der Waals surface area contributed by atoms with E-state index in [1.165, 1.54) is 35.1 Å². The maximum absolute atomic E-state index is 12.8. The molecule has 414 valence electrons. The fraction of sp³-hybridized carbons (Fsp3) is 0.469. The molecule has 16 heteroatoms. The summed E-state index contributed by atoms with van der Waals surface area (Å²) >= 11 is 14.2. The SMILES string of the molecule is C=CC(=O)C1[C@H]2CCN(c3nc(OC[C@@H]4CC(c5ccc(Cl)c6c(N7CCc8c(nc(OC[C@@H]9CCCN9C)nc8N8CCC9[C@@H](C(=O)C=C)[C@H]9C8)C7)cccc56)CN4C)nc4c3CCN(c3cccc5cccc(Cl)c35)C4)C[C@@H]12. The lowest BCUT2D eigenvalue weighted by atomic mass is 9.90. The topological polar surface area (TPSA) is 124 Å². The van der Waals surface area contributed by atoms with Crippen molar-refractivity contribution >= 4 is 79.3 Å². The molecule has 14 nitrogen and oxygen atoms in total. The zero-order chi connectivity index (χ0) is 54.5. The molecule has 4 saturated heterocycles. The van der Waals surface area contributed by atoms with E-state index in [0.717, 1.165) is 157 Å². The number of benzene rings is 4. The first-order valence-corrected chi connectivity index (χ1v) is 29.9. The quantitative estimate of drug-likeness (QED) is 0.0907. The van der Waals surface area contributed by atoms with Gasteiger partial charge < -0.3 is 34.0 Å². The van der Waals surface area contributed by atoms with Crippen LogP contribution in [0.25, 0.3) is 21.5 Å². The van der Waals surface area contributed by atoms with Crippen LogP contribution in [0.15, 0.2) is 92.0 Å². The third-order valence-electron chi connectivity index (χ3n) is 19.8. The molecule has 4 aromatic carbocycles. The molecule has 2 aromatic heterocycles. The summed E-state index contributed by atoms with van der Waals surface area (Å²) < 4.78 is 13.3. The van der Waals surface area contributed by atoms with Gasteiger partial charge >= 0.3 is 12.0 Å². The molecule has 14 rings (SSSR count). The van der Waals surface area contributed by atoms with E-state index < -0.39 is 0 Å². The molecule has 0 amide bonds. The number of likely N-dealkylation sites (N-methyl/N-ethyl adjacent to an activating group) is 2. The number of hydrogen-bond acceptors (Lipinski definition) is 14. The van der Waals surface area contributed by atoms with Crippen LogP contribution in [0, 0.1) is 35.5 Å². The minimum Gasteiger partial charge on any atom is -0.462 e. The Bertz CT molecular complexity index is 3480. The number of halogens is 2. The summed E-state index contributed by atoms with van der Waals surface area (Å²) in [5.74, 6) is 4.11. The van der Waals surface area contributed by atoms with Gasteiger partial charge in [-0.3, -0.25) is 14.5 Å². The van der Waals surface area contributed by atoms with Crippen molar-refractivity contribution in [2.45, 2.75) is 76.0 Å². The van der Waals surface area contributed by atoms with Gasteiger partial charge in [-0.2, -0.15) is 19.9 Å². The number of carbonyl (C=O) groups excluding carboxylic acids is 2. The Balaban J connectivity index is 0.715. The third-order valence-corrected chi connectivity index (χ3v) is 20.4.